The molecule has 3 aromatic carbocycles. The number of rotatable bonds is 6. The topological polar surface area (TPSA) is 85.4 Å². The second kappa shape index (κ2) is 10.9. The van der Waals surface area contributed by atoms with Crippen molar-refractivity contribution in [2.24, 2.45) is 0 Å². The van der Waals surface area contributed by atoms with Crippen LogP contribution >= 0.6 is 0 Å². The lowest BCUT2D eigenvalue weighted by atomic mass is 9.83. The maximum atomic E-state index is 13.1. The van der Waals surface area contributed by atoms with Gasteiger partial charge in [-0.1, -0.05) is 54.6 Å². The second-order valence-corrected chi connectivity index (χ2v) is 10.4. The van der Waals surface area contributed by atoms with Crippen LogP contribution in [0, 0.1) is 0 Å². The average molecular weight is 550 g/mol. The Kier molecular flexibility index (Phi) is 7.53. The first-order valence-corrected chi connectivity index (χ1v) is 13.2. The number of piperidine rings is 1. The number of carbonyl (C=O) groups is 1. The SMILES string of the molecule is CC(NC(=O)c1ccc(CN2CCC(O)(c3cccc(C(F)(F)F)c3)CC2)[nH]c1=O)c1cccc2ccccc12. The van der Waals surface area contributed by atoms with Gasteiger partial charge in [-0.3, -0.25) is 14.5 Å². The molecule has 3 N–H and O–H groups in total. The summed E-state index contributed by atoms with van der Waals surface area (Å²) in [6.45, 7) is 3.11. The first-order valence-electron chi connectivity index (χ1n) is 13.2. The van der Waals surface area contributed by atoms with Gasteiger partial charge in [0.15, 0.2) is 0 Å². The summed E-state index contributed by atoms with van der Waals surface area (Å²) in [6.07, 6.45) is -3.97. The zero-order valence-electron chi connectivity index (χ0n) is 22.0. The Morgan fingerprint density at radius 3 is 2.45 bits per heavy atom. The van der Waals surface area contributed by atoms with Gasteiger partial charge in [-0.15, -0.1) is 0 Å². The zero-order chi connectivity index (χ0) is 28.5. The third kappa shape index (κ3) is 5.80. The summed E-state index contributed by atoms with van der Waals surface area (Å²) in [6, 6.07) is 21.5. The smallest absolute Gasteiger partial charge is 0.385 e. The number of aromatic amines is 1. The van der Waals surface area contributed by atoms with Gasteiger partial charge in [0.25, 0.3) is 11.5 Å². The summed E-state index contributed by atoms with van der Waals surface area (Å²) < 4.78 is 39.4. The van der Waals surface area contributed by atoms with E-state index in [1.807, 2.05) is 54.3 Å². The predicted octanol–water partition coefficient (Wildman–Crippen LogP) is 5.52. The van der Waals surface area contributed by atoms with E-state index in [-0.39, 0.29) is 30.0 Å². The van der Waals surface area contributed by atoms with Crippen molar-refractivity contribution in [1.29, 1.82) is 0 Å². The van der Waals surface area contributed by atoms with Gasteiger partial charge in [0, 0.05) is 25.3 Å². The highest BCUT2D eigenvalue weighted by Gasteiger charge is 2.37. The molecule has 9 heteroatoms. The van der Waals surface area contributed by atoms with E-state index < -0.39 is 28.8 Å². The summed E-state index contributed by atoms with van der Waals surface area (Å²) in [5, 5.41) is 16.1. The molecule has 208 valence electrons. The fraction of sp³-hybridized carbons (Fsp3) is 0.290. The molecule has 1 aliphatic heterocycles. The van der Waals surface area contributed by atoms with Crippen molar-refractivity contribution in [2.75, 3.05) is 13.1 Å². The van der Waals surface area contributed by atoms with Crippen LogP contribution in [0.2, 0.25) is 0 Å². The van der Waals surface area contributed by atoms with Crippen molar-refractivity contribution in [2.45, 2.75) is 44.1 Å². The van der Waals surface area contributed by atoms with Crippen LogP contribution in [-0.2, 0) is 18.3 Å². The van der Waals surface area contributed by atoms with Gasteiger partial charge >= 0.3 is 6.18 Å². The lowest BCUT2D eigenvalue weighted by Crippen LogP contribution is -2.42. The second-order valence-electron chi connectivity index (χ2n) is 10.4. The Labute approximate surface area is 229 Å². The lowest BCUT2D eigenvalue weighted by molar-refractivity contribution is -0.137. The van der Waals surface area contributed by atoms with Gasteiger partial charge in [0.1, 0.15) is 5.56 Å². The molecule has 0 radical (unpaired) electrons. The minimum absolute atomic E-state index is 0.00778. The third-order valence-electron chi connectivity index (χ3n) is 7.66. The lowest BCUT2D eigenvalue weighted by Gasteiger charge is -2.38. The molecule has 0 bridgehead atoms. The molecule has 1 unspecified atom stereocenters. The number of likely N-dealkylation sites (tertiary alicyclic amines) is 1. The van der Waals surface area contributed by atoms with Gasteiger partial charge in [-0.2, -0.15) is 13.2 Å². The van der Waals surface area contributed by atoms with E-state index in [0.717, 1.165) is 28.5 Å². The van der Waals surface area contributed by atoms with E-state index in [9.17, 15) is 27.9 Å². The molecular formula is C31H30F3N3O3. The number of amides is 1. The zero-order valence-corrected chi connectivity index (χ0v) is 22.0. The summed E-state index contributed by atoms with van der Waals surface area (Å²) >= 11 is 0. The van der Waals surface area contributed by atoms with Crippen LogP contribution in [0.5, 0.6) is 0 Å². The van der Waals surface area contributed by atoms with E-state index in [1.54, 1.807) is 6.07 Å². The van der Waals surface area contributed by atoms with Crippen LogP contribution in [0.15, 0.2) is 83.7 Å². The molecule has 1 amide bonds. The van der Waals surface area contributed by atoms with E-state index >= 15 is 0 Å². The predicted molar refractivity (Wildman–Crippen MR) is 147 cm³/mol. The van der Waals surface area contributed by atoms with E-state index in [1.165, 1.54) is 18.2 Å². The number of aromatic nitrogens is 1. The minimum Gasteiger partial charge on any atom is -0.385 e. The van der Waals surface area contributed by atoms with Crippen molar-refractivity contribution in [1.82, 2.24) is 15.2 Å². The Bertz CT molecular complexity index is 1580. The quantitative estimate of drug-likeness (QED) is 0.296. The average Bonchev–Trinajstić information content (AvgIpc) is 2.93. The molecule has 1 aromatic heterocycles. The van der Waals surface area contributed by atoms with E-state index in [0.29, 0.717) is 25.3 Å². The Morgan fingerprint density at radius 2 is 1.73 bits per heavy atom. The number of H-pyrrole nitrogens is 1. The molecule has 0 aliphatic carbocycles. The number of hydrogen-bond donors (Lipinski definition) is 3. The normalized spacial score (nSPS) is 16.5. The van der Waals surface area contributed by atoms with Crippen LogP contribution in [-0.4, -0.2) is 34.0 Å². The summed E-state index contributed by atoms with van der Waals surface area (Å²) in [5.41, 5.74) is -0.820. The number of fused-ring (bicyclic) bond motifs is 1. The fourth-order valence-electron chi connectivity index (χ4n) is 5.36. The number of benzene rings is 3. The molecule has 2 heterocycles. The molecule has 0 saturated carbocycles. The molecule has 1 fully saturated rings. The molecule has 40 heavy (non-hydrogen) atoms. The number of aliphatic hydroxyl groups is 1. The largest absolute Gasteiger partial charge is 0.416 e. The standard InChI is InChI=1S/C31H30F3N3O3/c1-20(25-11-4-7-21-6-2-3-10-26(21)25)35-28(38)27-13-12-24(36-29(27)39)19-37-16-14-30(40,15-17-37)22-8-5-9-23(18-22)31(32,33)34/h2-13,18,20,40H,14-17,19H2,1H3,(H,35,38)(H,36,39). The van der Waals surface area contributed by atoms with Crippen LogP contribution in [0.1, 0.15) is 58.5 Å². The molecule has 0 spiro atoms. The fourth-order valence-corrected chi connectivity index (χ4v) is 5.36. The molecule has 6 nitrogen and oxygen atoms in total. The van der Waals surface area contributed by atoms with Crippen molar-refractivity contribution < 1.29 is 23.1 Å². The summed E-state index contributed by atoms with van der Waals surface area (Å²) in [4.78, 5) is 30.5. The number of halogens is 3. The van der Waals surface area contributed by atoms with Crippen LogP contribution in [0.4, 0.5) is 13.2 Å². The summed E-state index contributed by atoms with van der Waals surface area (Å²) in [5.74, 6) is -0.475. The maximum Gasteiger partial charge on any atom is 0.416 e. The first kappa shape index (κ1) is 27.6. The highest BCUT2D eigenvalue weighted by molar-refractivity contribution is 5.94. The summed E-state index contributed by atoms with van der Waals surface area (Å²) in [7, 11) is 0. The number of nitrogens with one attached hydrogen (secondary N) is 2. The number of alkyl halides is 3. The highest BCUT2D eigenvalue weighted by atomic mass is 19.4. The van der Waals surface area contributed by atoms with Gasteiger partial charge in [-0.25, -0.2) is 0 Å². The van der Waals surface area contributed by atoms with Crippen LogP contribution in [0.3, 0.4) is 0 Å². The molecule has 5 rings (SSSR count). The highest BCUT2D eigenvalue weighted by Crippen LogP contribution is 2.37. The van der Waals surface area contributed by atoms with E-state index in [4.69, 9.17) is 0 Å². The first-order chi connectivity index (χ1) is 19.0. The maximum absolute atomic E-state index is 13.1. The van der Waals surface area contributed by atoms with Crippen molar-refractivity contribution >= 4 is 16.7 Å². The number of hydrogen-bond acceptors (Lipinski definition) is 4. The van der Waals surface area contributed by atoms with Gasteiger partial charge < -0.3 is 15.4 Å². The van der Waals surface area contributed by atoms with Crippen molar-refractivity contribution in [3.05, 3.63) is 117 Å². The van der Waals surface area contributed by atoms with Gasteiger partial charge in [0.2, 0.25) is 0 Å². The van der Waals surface area contributed by atoms with Crippen molar-refractivity contribution in [3.8, 4) is 0 Å². The monoisotopic (exact) mass is 549 g/mol. The molecular weight excluding hydrogens is 519 g/mol. The molecule has 4 aromatic rings. The Balaban J connectivity index is 1.21. The van der Waals surface area contributed by atoms with Gasteiger partial charge in [-0.05, 0) is 65.9 Å². The van der Waals surface area contributed by atoms with E-state index in [2.05, 4.69) is 10.3 Å². The number of carbonyl (C=O) groups excluding carboxylic acids is 1. The molecule has 1 atom stereocenters. The third-order valence-corrected chi connectivity index (χ3v) is 7.66. The number of nitrogens with zero attached hydrogens (tertiary/aromatic N) is 1. The number of pyridine rings is 1. The van der Waals surface area contributed by atoms with Gasteiger partial charge in [0.05, 0.1) is 17.2 Å². The van der Waals surface area contributed by atoms with Crippen molar-refractivity contribution in [3.63, 3.8) is 0 Å². The molecule has 1 aliphatic rings. The Morgan fingerprint density at radius 1 is 1.02 bits per heavy atom. The van der Waals surface area contributed by atoms with Crippen LogP contribution < -0.4 is 10.9 Å². The van der Waals surface area contributed by atoms with Crippen LogP contribution in [0.25, 0.3) is 10.8 Å². The minimum atomic E-state index is -4.48. The Hall–Kier alpha value is -3.95. The molecule has 1 saturated heterocycles.